The van der Waals surface area contributed by atoms with Crippen LogP contribution < -0.4 is 5.73 Å². The van der Waals surface area contributed by atoms with Crippen LogP contribution in [0.3, 0.4) is 0 Å². The van der Waals surface area contributed by atoms with Gasteiger partial charge in [0.25, 0.3) is 0 Å². The standard InChI is InChI=1S/C9H17NO2S2/c10-6-2-1-5(9(11)12)3-7(13)8(14)4-6/h5-8,13-14H,1-4,10H2,(H,11,12). The van der Waals surface area contributed by atoms with Crippen LogP contribution >= 0.6 is 25.3 Å². The average molecular weight is 235 g/mol. The summed E-state index contributed by atoms with van der Waals surface area (Å²) in [7, 11) is 0. The predicted octanol–water partition coefficient (Wildman–Crippen LogP) is 1.19. The largest absolute Gasteiger partial charge is 0.481 e. The van der Waals surface area contributed by atoms with Gasteiger partial charge < -0.3 is 10.8 Å². The van der Waals surface area contributed by atoms with Gasteiger partial charge in [0.1, 0.15) is 0 Å². The second-order valence-corrected chi connectivity index (χ2v) is 5.31. The lowest BCUT2D eigenvalue weighted by atomic mass is 9.88. The first-order chi connectivity index (χ1) is 6.50. The van der Waals surface area contributed by atoms with Gasteiger partial charge in [-0.1, -0.05) is 0 Å². The zero-order chi connectivity index (χ0) is 10.7. The zero-order valence-electron chi connectivity index (χ0n) is 7.97. The van der Waals surface area contributed by atoms with E-state index in [4.69, 9.17) is 10.8 Å². The summed E-state index contributed by atoms with van der Waals surface area (Å²) in [5, 5.41) is 9.09. The van der Waals surface area contributed by atoms with Crippen molar-refractivity contribution in [3.8, 4) is 0 Å². The molecule has 1 saturated carbocycles. The van der Waals surface area contributed by atoms with Gasteiger partial charge in [-0.25, -0.2) is 0 Å². The number of nitrogens with two attached hydrogens (primary N) is 1. The van der Waals surface area contributed by atoms with Crippen molar-refractivity contribution >= 4 is 31.2 Å². The Hall–Kier alpha value is 0.130. The van der Waals surface area contributed by atoms with Crippen LogP contribution in [0.2, 0.25) is 0 Å². The number of carboxylic acid groups (broad SMARTS) is 1. The van der Waals surface area contributed by atoms with E-state index in [9.17, 15) is 4.79 Å². The normalized spacial score (nSPS) is 39.9. The van der Waals surface area contributed by atoms with Crippen molar-refractivity contribution < 1.29 is 9.90 Å². The van der Waals surface area contributed by atoms with Crippen molar-refractivity contribution in [2.75, 3.05) is 0 Å². The van der Waals surface area contributed by atoms with Crippen molar-refractivity contribution in [1.82, 2.24) is 0 Å². The summed E-state index contributed by atoms with van der Waals surface area (Å²) >= 11 is 8.76. The van der Waals surface area contributed by atoms with Crippen LogP contribution in [-0.2, 0) is 4.79 Å². The summed E-state index contributed by atoms with van der Waals surface area (Å²) in [5.74, 6) is -1.04. The van der Waals surface area contributed by atoms with Crippen molar-refractivity contribution in [1.29, 1.82) is 0 Å². The van der Waals surface area contributed by atoms with Gasteiger partial charge in [0.05, 0.1) is 5.92 Å². The molecule has 0 heterocycles. The van der Waals surface area contributed by atoms with Gasteiger partial charge in [0, 0.05) is 16.5 Å². The van der Waals surface area contributed by atoms with Gasteiger partial charge >= 0.3 is 5.97 Å². The molecule has 0 bridgehead atoms. The molecule has 1 rings (SSSR count). The molecule has 0 aromatic rings. The molecule has 0 radical (unpaired) electrons. The second-order valence-electron chi connectivity index (χ2n) is 3.98. The first-order valence-electron chi connectivity index (χ1n) is 4.85. The second kappa shape index (κ2) is 5.28. The monoisotopic (exact) mass is 235 g/mol. The van der Waals surface area contributed by atoms with E-state index in [0.717, 1.165) is 12.8 Å². The van der Waals surface area contributed by atoms with Crippen LogP contribution in [0.15, 0.2) is 0 Å². The third-order valence-corrected chi connectivity index (χ3v) is 4.13. The average Bonchev–Trinajstić information content (AvgIpc) is 2.09. The minimum atomic E-state index is -0.737. The van der Waals surface area contributed by atoms with E-state index in [-0.39, 0.29) is 22.5 Å². The lowest BCUT2D eigenvalue weighted by Gasteiger charge is -2.28. The molecule has 0 aliphatic heterocycles. The van der Waals surface area contributed by atoms with E-state index in [1.165, 1.54) is 0 Å². The first kappa shape index (κ1) is 12.2. The third kappa shape index (κ3) is 3.37. The summed E-state index contributed by atoms with van der Waals surface area (Å²) in [6, 6.07) is 0.0642. The molecule has 82 valence electrons. The van der Waals surface area contributed by atoms with Crippen molar-refractivity contribution in [3.63, 3.8) is 0 Å². The van der Waals surface area contributed by atoms with Crippen LogP contribution in [0.4, 0.5) is 0 Å². The summed E-state index contributed by atoms with van der Waals surface area (Å²) in [5.41, 5.74) is 5.84. The predicted molar refractivity (Wildman–Crippen MR) is 63.1 cm³/mol. The highest BCUT2D eigenvalue weighted by molar-refractivity contribution is 7.85. The number of aliphatic carboxylic acids is 1. The Labute approximate surface area is 95.3 Å². The van der Waals surface area contributed by atoms with E-state index in [1.54, 1.807) is 0 Å². The van der Waals surface area contributed by atoms with Crippen LogP contribution in [0.5, 0.6) is 0 Å². The summed E-state index contributed by atoms with van der Waals surface area (Å²) in [6.07, 6.45) is 2.85. The molecule has 4 unspecified atom stereocenters. The lowest BCUT2D eigenvalue weighted by molar-refractivity contribution is -0.142. The molecule has 3 N–H and O–H groups in total. The minimum Gasteiger partial charge on any atom is -0.481 e. The van der Waals surface area contributed by atoms with Gasteiger partial charge in [-0.3, -0.25) is 4.79 Å². The molecule has 1 aliphatic carbocycles. The molecular formula is C9H17NO2S2. The Balaban J connectivity index is 2.62. The molecular weight excluding hydrogens is 218 g/mol. The van der Waals surface area contributed by atoms with Gasteiger partial charge in [-0.2, -0.15) is 25.3 Å². The first-order valence-corrected chi connectivity index (χ1v) is 5.88. The fourth-order valence-electron chi connectivity index (χ4n) is 1.79. The van der Waals surface area contributed by atoms with Gasteiger partial charge in [0.15, 0.2) is 0 Å². The minimum absolute atomic E-state index is 0.0331. The van der Waals surface area contributed by atoms with Gasteiger partial charge in [0.2, 0.25) is 0 Å². The Kier molecular flexibility index (Phi) is 4.60. The molecule has 0 aromatic carbocycles. The molecule has 0 amide bonds. The maximum atomic E-state index is 10.9. The van der Waals surface area contributed by atoms with Gasteiger partial charge in [-0.15, -0.1) is 0 Å². The van der Waals surface area contributed by atoms with E-state index >= 15 is 0 Å². The number of carbonyl (C=O) groups is 1. The van der Waals surface area contributed by atoms with Crippen LogP contribution in [-0.4, -0.2) is 27.6 Å². The summed E-state index contributed by atoms with van der Waals surface area (Å²) in [6.45, 7) is 0. The molecule has 14 heavy (non-hydrogen) atoms. The Morgan fingerprint density at radius 3 is 2.36 bits per heavy atom. The lowest BCUT2D eigenvalue weighted by Crippen LogP contribution is -2.34. The highest BCUT2D eigenvalue weighted by atomic mass is 32.1. The van der Waals surface area contributed by atoms with Crippen molar-refractivity contribution in [3.05, 3.63) is 0 Å². The maximum Gasteiger partial charge on any atom is 0.306 e. The number of hydrogen-bond donors (Lipinski definition) is 4. The van der Waals surface area contributed by atoms with Gasteiger partial charge in [-0.05, 0) is 25.7 Å². The molecule has 5 heteroatoms. The maximum absolute atomic E-state index is 10.9. The molecule has 0 spiro atoms. The smallest absolute Gasteiger partial charge is 0.306 e. The summed E-state index contributed by atoms with van der Waals surface area (Å²) in [4.78, 5) is 10.9. The fourth-order valence-corrected chi connectivity index (χ4v) is 2.56. The Bertz CT molecular complexity index is 213. The highest BCUT2D eigenvalue weighted by Crippen LogP contribution is 2.28. The van der Waals surface area contributed by atoms with Crippen LogP contribution in [0, 0.1) is 5.92 Å². The molecule has 1 aliphatic rings. The molecule has 1 fully saturated rings. The Morgan fingerprint density at radius 1 is 1.21 bits per heavy atom. The molecule has 0 aromatic heterocycles. The third-order valence-electron chi connectivity index (χ3n) is 2.75. The van der Waals surface area contributed by atoms with E-state index in [2.05, 4.69) is 25.3 Å². The zero-order valence-corrected chi connectivity index (χ0v) is 9.75. The fraction of sp³-hybridized carbons (Fsp3) is 0.889. The van der Waals surface area contributed by atoms with Crippen molar-refractivity contribution in [2.45, 2.75) is 42.2 Å². The quantitative estimate of drug-likeness (QED) is 0.516. The number of rotatable bonds is 1. The molecule has 4 atom stereocenters. The SMILES string of the molecule is NC1CCC(C(=O)O)CC(S)C(S)C1. The highest BCUT2D eigenvalue weighted by Gasteiger charge is 2.28. The van der Waals surface area contributed by atoms with E-state index < -0.39 is 5.97 Å². The van der Waals surface area contributed by atoms with E-state index in [1.807, 2.05) is 0 Å². The van der Waals surface area contributed by atoms with Crippen LogP contribution in [0.25, 0.3) is 0 Å². The Morgan fingerprint density at radius 2 is 1.79 bits per heavy atom. The van der Waals surface area contributed by atoms with E-state index in [0.29, 0.717) is 12.8 Å². The molecule has 3 nitrogen and oxygen atoms in total. The van der Waals surface area contributed by atoms with Crippen LogP contribution in [0.1, 0.15) is 25.7 Å². The van der Waals surface area contributed by atoms with Crippen molar-refractivity contribution in [2.24, 2.45) is 11.7 Å². The summed E-state index contributed by atoms with van der Waals surface area (Å²) < 4.78 is 0. The topological polar surface area (TPSA) is 63.3 Å². The number of hydrogen-bond acceptors (Lipinski definition) is 4. The number of carboxylic acids is 1. The number of thiol groups is 2. The molecule has 0 saturated heterocycles.